The van der Waals surface area contributed by atoms with E-state index in [2.05, 4.69) is 5.32 Å². The van der Waals surface area contributed by atoms with Gasteiger partial charge in [-0.2, -0.15) is 0 Å². The number of aromatic hydroxyl groups is 1. The molecule has 0 radical (unpaired) electrons. The summed E-state index contributed by atoms with van der Waals surface area (Å²) in [5, 5.41) is 22.3. The van der Waals surface area contributed by atoms with Gasteiger partial charge in [-0.15, -0.1) is 17.0 Å². The van der Waals surface area contributed by atoms with Crippen LogP contribution in [0.4, 0.5) is 0 Å². The maximum atomic E-state index is 13.5. The number of phenols is 1. The van der Waals surface area contributed by atoms with E-state index in [1.54, 1.807) is 43.3 Å². The predicted molar refractivity (Wildman–Crippen MR) is 157 cm³/mol. The van der Waals surface area contributed by atoms with E-state index in [1.165, 1.54) is 11.9 Å². The number of ketones is 1. The lowest BCUT2D eigenvalue weighted by Gasteiger charge is -2.24. The average molecular weight is 604 g/mol. The monoisotopic (exact) mass is 602 g/mol. The number of nitrogens with one attached hydrogen (secondary N) is 2. The fourth-order valence-corrected chi connectivity index (χ4v) is 4.50. The number of aryl methyl sites for hydroxylation is 1. The van der Waals surface area contributed by atoms with E-state index in [0.29, 0.717) is 53.1 Å². The van der Waals surface area contributed by atoms with Crippen LogP contribution in [0.1, 0.15) is 77.1 Å². The van der Waals surface area contributed by atoms with Crippen LogP contribution in [0.25, 0.3) is 0 Å². The third-order valence-electron chi connectivity index (χ3n) is 6.67. The number of carbonyl (C=O) groups excluding carboxylic acids is 3. The number of benzene rings is 2. The van der Waals surface area contributed by atoms with E-state index in [4.69, 9.17) is 10.1 Å². The first-order valence-electron chi connectivity index (χ1n) is 12.7. The molecule has 39 heavy (non-hydrogen) atoms. The first-order chi connectivity index (χ1) is 17.8. The molecule has 9 nitrogen and oxygen atoms in total. The topological polar surface area (TPSA) is 123 Å². The van der Waals surface area contributed by atoms with Gasteiger partial charge in [0, 0.05) is 50.8 Å². The molecule has 0 spiro atoms. The smallest absolute Gasteiger partial charge is 0.254 e. The summed E-state index contributed by atoms with van der Waals surface area (Å²) < 4.78 is 5.66. The Labute approximate surface area is 240 Å². The zero-order valence-electron chi connectivity index (χ0n) is 23.7. The van der Waals surface area contributed by atoms with E-state index < -0.39 is 5.41 Å². The van der Waals surface area contributed by atoms with Crippen molar-refractivity contribution in [2.45, 2.75) is 52.5 Å². The number of ether oxygens (including phenoxy) is 1. The van der Waals surface area contributed by atoms with Crippen LogP contribution in [-0.4, -0.2) is 72.6 Å². The molecule has 0 aromatic heterocycles. The minimum absolute atomic E-state index is 0. The number of Topliss-reactive ketones (excluding diaryl/α,β-unsaturated/α-hetero) is 1. The molecule has 0 unspecified atom stereocenters. The van der Waals surface area contributed by atoms with Crippen LogP contribution in [0.3, 0.4) is 0 Å². The van der Waals surface area contributed by atoms with Gasteiger partial charge in [0.25, 0.3) is 5.91 Å². The van der Waals surface area contributed by atoms with E-state index in [-0.39, 0.29) is 59.1 Å². The summed E-state index contributed by atoms with van der Waals surface area (Å²) in [6.07, 6.45) is 0.518. The van der Waals surface area contributed by atoms with Gasteiger partial charge in [0.1, 0.15) is 17.3 Å². The Bertz CT molecular complexity index is 1280. The SMILES string of the molecule is Br.CCOc1cc2c(cc1C(=O)NC)C(=N)N(CC(=O)c1cc(CCC(=O)N(C)C)c(O)c(C(C)(C)C)c1)C2. The van der Waals surface area contributed by atoms with E-state index >= 15 is 0 Å². The van der Waals surface area contributed by atoms with Crippen LogP contribution >= 0.6 is 17.0 Å². The van der Waals surface area contributed by atoms with Crippen molar-refractivity contribution in [3.8, 4) is 11.5 Å². The number of nitrogens with zero attached hydrogens (tertiary/aromatic N) is 2. The zero-order chi connectivity index (χ0) is 28.4. The van der Waals surface area contributed by atoms with E-state index in [1.807, 2.05) is 27.7 Å². The Morgan fingerprint density at radius 3 is 2.38 bits per heavy atom. The van der Waals surface area contributed by atoms with Crippen LogP contribution < -0.4 is 10.1 Å². The summed E-state index contributed by atoms with van der Waals surface area (Å²) in [7, 11) is 4.90. The maximum Gasteiger partial charge on any atom is 0.254 e. The minimum Gasteiger partial charge on any atom is -0.507 e. The summed E-state index contributed by atoms with van der Waals surface area (Å²) in [5.41, 5.74) is 2.91. The number of amides is 2. The van der Waals surface area contributed by atoms with Crippen molar-refractivity contribution in [2.75, 3.05) is 34.3 Å². The predicted octanol–water partition coefficient (Wildman–Crippen LogP) is 4.07. The van der Waals surface area contributed by atoms with Crippen LogP contribution in [0.5, 0.6) is 11.5 Å². The molecular weight excluding hydrogens is 564 g/mol. The number of fused-ring (bicyclic) bond motifs is 1. The summed E-state index contributed by atoms with van der Waals surface area (Å²) in [4.78, 5) is 41.2. The fraction of sp³-hybridized carbons (Fsp3) is 0.448. The molecule has 1 aliphatic heterocycles. The lowest BCUT2D eigenvalue weighted by molar-refractivity contribution is -0.128. The molecule has 3 N–H and O–H groups in total. The summed E-state index contributed by atoms with van der Waals surface area (Å²) in [5.74, 6) is 0.129. The third kappa shape index (κ3) is 6.98. The van der Waals surface area contributed by atoms with Crippen molar-refractivity contribution < 1.29 is 24.2 Å². The van der Waals surface area contributed by atoms with Crippen molar-refractivity contribution in [1.82, 2.24) is 15.1 Å². The molecule has 0 fully saturated rings. The number of halogens is 1. The van der Waals surface area contributed by atoms with Crippen LogP contribution in [0.2, 0.25) is 0 Å². The number of amidine groups is 1. The molecule has 0 aliphatic carbocycles. The first-order valence-corrected chi connectivity index (χ1v) is 12.7. The first kappa shape index (κ1) is 31.8. The molecule has 212 valence electrons. The van der Waals surface area contributed by atoms with Gasteiger partial charge in [-0.1, -0.05) is 20.8 Å². The molecule has 2 aromatic rings. The van der Waals surface area contributed by atoms with Crippen molar-refractivity contribution in [3.63, 3.8) is 0 Å². The Hall–Kier alpha value is -3.40. The molecule has 1 heterocycles. The van der Waals surface area contributed by atoms with Gasteiger partial charge in [-0.05, 0) is 54.2 Å². The summed E-state index contributed by atoms with van der Waals surface area (Å²) in [6, 6.07) is 6.77. The van der Waals surface area contributed by atoms with Gasteiger partial charge in [0.05, 0.1) is 18.7 Å². The zero-order valence-corrected chi connectivity index (χ0v) is 25.4. The fourth-order valence-electron chi connectivity index (χ4n) is 4.50. The Balaban J connectivity index is 0.00000533. The lowest BCUT2D eigenvalue weighted by Crippen LogP contribution is -2.30. The lowest BCUT2D eigenvalue weighted by atomic mass is 9.83. The molecule has 0 saturated carbocycles. The van der Waals surface area contributed by atoms with Crippen molar-refractivity contribution >= 4 is 40.4 Å². The van der Waals surface area contributed by atoms with Gasteiger partial charge in [-0.25, -0.2) is 0 Å². The van der Waals surface area contributed by atoms with Crippen molar-refractivity contribution in [3.05, 3.63) is 57.6 Å². The van der Waals surface area contributed by atoms with Gasteiger partial charge in [0.2, 0.25) is 5.91 Å². The third-order valence-corrected chi connectivity index (χ3v) is 6.67. The molecule has 0 saturated heterocycles. The number of rotatable bonds is 9. The van der Waals surface area contributed by atoms with Crippen LogP contribution in [0, 0.1) is 5.41 Å². The standard InChI is InChI=1S/C29H38N4O5.BrH/c1-8-38-24-13-19-15-33(27(30)20(19)14-21(24)28(37)31-5)16-23(34)18-11-17(9-10-25(35)32(6)7)26(36)22(12-18)29(2,3)4;/h11-14,30,36H,8-10,15-16H2,1-7H3,(H,31,37);1H. The van der Waals surface area contributed by atoms with Gasteiger partial charge < -0.3 is 25.0 Å². The summed E-state index contributed by atoms with van der Waals surface area (Å²) in [6.45, 7) is 8.39. The number of phenolic OH excluding ortho intramolecular Hbond substituents is 1. The Morgan fingerprint density at radius 2 is 1.82 bits per heavy atom. The molecular formula is C29H39BrN4O5. The van der Waals surface area contributed by atoms with Gasteiger partial charge in [-0.3, -0.25) is 19.8 Å². The van der Waals surface area contributed by atoms with E-state index in [9.17, 15) is 19.5 Å². The molecule has 3 rings (SSSR count). The van der Waals surface area contributed by atoms with Crippen molar-refractivity contribution in [2.24, 2.45) is 0 Å². The average Bonchev–Trinajstić information content (AvgIpc) is 3.15. The number of hydrogen-bond donors (Lipinski definition) is 3. The highest BCUT2D eigenvalue weighted by molar-refractivity contribution is 8.93. The highest BCUT2D eigenvalue weighted by Crippen LogP contribution is 2.36. The highest BCUT2D eigenvalue weighted by Gasteiger charge is 2.30. The quantitative estimate of drug-likeness (QED) is 0.372. The normalized spacial score (nSPS) is 12.5. The molecule has 0 atom stereocenters. The molecule has 0 bridgehead atoms. The van der Waals surface area contributed by atoms with Crippen LogP contribution in [-0.2, 0) is 23.2 Å². The maximum absolute atomic E-state index is 13.5. The van der Waals surface area contributed by atoms with Crippen LogP contribution in [0.15, 0.2) is 24.3 Å². The minimum atomic E-state index is -0.427. The van der Waals surface area contributed by atoms with Gasteiger partial charge in [0.15, 0.2) is 5.78 Å². The highest BCUT2D eigenvalue weighted by atomic mass is 79.9. The summed E-state index contributed by atoms with van der Waals surface area (Å²) >= 11 is 0. The molecule has 2 amide bonds. The Kier molecular flexibility index (Phi) is 10.3. The van der Waals surface area contributed by atoms with Crippen molar-refractivity contribution in [1.29, 1.82) is 5.41 Å². The second-order valence-electron chi connectivity index (χ2n) is 10.7. The number of hydrogen-bond acceptors (Lipinski definition) is 6. The molecule has 1 aliphatic rings. The molecule has 10 heteroatoms. The number of carbonyl (C=O) groups is 3. The van der Waals surface area contributed by atoms with Gasteiger partial charge >= 0.3 is 0 Å². The largest absolute Gasteiger partial charge is 0.507 e. The molecule has 2 aromatic carbocycles. The second kappa shape index (κ2) is 12.6. The Morgan fingerprint density at radius 1 is 1.15 bits per heavy atom. The second-order valence-corrected chi connectivity index (χ2v) is 10.7. The van der Waals surface area contributed by atoms with E-state index in [0.717, 1.165) is 5.56 Å².